The monoisotopic (exact) mass is 292 g/mol. The Labute approximate surface area is 88.6 Å². The minimum Gasteiger partial charge on any atom is -0.283 e. The van der Waals surface area contributed by atoms with Gasteiger partial charge in [0.1, 0.15) is 4.34 Å². The molecule has 0 saturated carbocycles. The Morgan fingerprint density at radius 1 is 1.54 bits per heavy atom. The molecule has 0 aliphatic heterocycles. The van der Waals surface area contributed by atoms with Crippen LogP contribution in [0.4, 0.5) is 13.2 Å². The van der Waals surface area contributed by atoms with Gasteiger partial charge in [0.15, 0.2) is 0 Å². The molecule has 1 aromatic heterocycles. The molecule has 0 N–H and O–H groups in total. The average Bonchev–Trinajstić information content (AvgIpc) is 2.29. The fourth-order valence-corrected chi connectivity index (χ4v) is 2.26. The molecular weight excluding hydrogens is 292 g/mol. The highest BCUT2D eigenvalue weighted by molar-refractivity contribution is 9.10. The lowest BCUT2D eigenvalue weighted by molar-refractivity contribution is -0.0882. The zero-order valence-corrected chi connectivity index (χ0v) is 8.94. The maximum Gasteiger partial charge on any atom is 0.455 e. The first-order chi connectivity index (χ1) is 5.82. The van der Waals surface area contributed by atoms with Crippen LogP contribution in [0.15, 0.2) is 10.5 Å². The van der Waals surface area contributed by atoms with Crippen molar-refractivity contribution in [3.8, 4) is 0 Å². The fourth-order valence-electron chi connectivity index (χ4n) is 0.598. The number of carbonyl (C=O) groups excluding carboxylic acids is 1. The van der Waals surface area contributed by atoms with Crippen LogP contribution >= 0.6 is 38.9 Å². The van der Waals surface area contributed by atoms with E-state index in [1.807, 2.05) is 0 Å². The van der Waals surface area contributed by atoms with Crippen LogP contribution in [-0.2, 0) is 0 Å². The smallest absolute Gasteiger partial charge is 0.283 e. The molecule has 72 valence electrons. The van der Waals surface area contributed by atoms with Crippen LogP contribution in [-0.4, -0.2) is 12.0 Å². The van der Waals surface area contributed by atoms with Crippen molar-refractivity contribution in [1.82, 2.24) is 0 Å². The van der Waals surface area contributed by atoms with E-state index in [0.29, 0.717) is 15.8 Å². The fraction of sp³-hybridized carbons (Fsp3) is 0.167. The van der Waals surface area contributed by atoms with Crippen molar-refractivity contribution in [2.75, 3.05) is 0 Å². The summed E-state index contributed by atoms with van der Waals surface area (Å²) in [5.41, 5.74) is 0. The lowest BCUT2D eigenvalue weighted by atomic mass is 10.3. The van der Waals surface area contributed by atoms with Gasteiger partial charge < -0.3 is 0 Å². The van der Waals surface area contributed by atoms with Crippen LogP contribution in [0.3, 0.4) is 0 Å². The van der Waals surface area contributed by atoms with Gasteiger partial charge >= 0.3 is 6.18 Å². The third-order valence-electron chi connectivity index (χ3n) is 1.13. The Hall–Kier alpha value is -0.0700. The van der Waals surface area contributed by atoms with E-state index in [2.05, 4.69) is 15.9 Å². The zero-order valence-electron chi connectivity index (χ0n) is 5.78. The molecule has 1 aromatic rings. The molecule has 1 heterocycles. The summed E-state index contributed by atoms with van der Waals surface area (Å²) in [6.07, 6.45) is -4.84. The number of halogens is 5. The standard InChI is InChI=1S/C6HBrClF3OS/c7-2-1-3(13-5(2)8)4(12)6(9,10)11/h1H. The topological polar surface area (TPSA) is 17.1 Å². The third kappa shape index (κ3) is 2.45. The van der Waals surface area contributed by atoms with Gasteiger partial charge in [0.2, 0.25) is 0 Å². The highest BCUT2D eigenvalue weighted by Crippen LogP contribution is 2.35. The molecule has 0 saturated heterocycles. The minimum atomic E-state index is -4.84. The summed E-state index contributed by atoms with van der Waals surface area (Å²) in [5, 5.41) is 0. The predicted octanol–water partition coefficient (Wildman–Crippen LogP) is 3.91. The summed E-state index contributed by atoms with van der Waals surface area (Å²) >= 11 is 8.98. The van der Waals surface area contributed by atoms with Crippen molar-refractivity contribution >= 4 is 44.7 Å². The molecule has 0 unspecified atom stereocenters. The van der Waals surface area contributed by atoms with Gasteiger partial charge in [0, 0.05) is 4.47 Å². The first-order valence-electron chi connectivity index (χ1n) is 2.88. The summed E-state index contributed by atoms with van der Waals surface area (Å²) in [6.45, 7) is 0. The Kier molecular flexibility index (Phi) is 3.04. The van der Waals surface area contributed by atoms with Gasteiger partial charge in [-0.15, -0.1) is 11.3 Å². The SMILES string of the molecule is O=C(c1cc(Br)c(Cl)s1)C(F)(F)F. The first kappa shape index (κ1) is 11.0. The minimum absolute atomic E-state index is 0.132. The Morgan fingerprint density at radius 3 is 2.38 bits per heavy atom. The molecule has 0 aromatic carbocycles. The second kappa shape index (κ2) is 3.59. The van der Waals surface area contributed by atoms with Gasteiger partial charge in [-0.1, -0.05) is 11.6 Å². The van der Waals surface area contributed by atoms with Gasteiger partial charge in [0.25, 0.3) is 5.78 Å². The summed E-state index contributed by atoms with van der Waals surface area (Å²) in [7, 11) is 0. The van der Waals surface area contributed by atoms with E-state index in [9.17, 15) is 18.0 Å². The number of thiophene rings is 1. The molecule has 0 bridgehead atoms. The molecular formula is C6HBrClF3OS. The number of alkyl halides is 3. The second-order valence-corrected chi connectivity index (χ2v) is 4.57. The molecule has 1 rings (SSSR count). The molecule has 7 heteroatoms. The van der Waals surface area contributed by atoms with Gasteiger partial charge in [-0.05, 0) is 22.0 Å². The van der Waals surface area contributed by atoms with Crippen molar-refractivity contribution < 1.29 is 18.0 Å². The van der Waals surface area contributed by atoms with Crippen molar-refractivity contribution in [1.29, 1.82) is 0 Å². The predicted molar refractivity (Wildman–Crippen MR) is 47.4 cm³/mol. The number of hydrogen-bond acceptors (Lipinski definition) is 2. The first-order valence-corrected chi connectivity index (χ1v) is 4.87. The lowest BCUT2D eigenvalue weighted by Crippen LogP contribution is -2.21. The van der Waals surface area contributed by atoms with E-state index in [1.165, 1.54) is 0 Å². The van der Waals surface area contributed by atoms with Gasteiger partial charge in [-0.2, -0.15) is 13.2 Å². The maximum atomic E-state index is 11.9. The lowest BCUT2D eigenvalue weighted by Gasteiger charge is -2.00. The molecule has 13 heavy (non-hydrogen) atoms. The number of ketones is 1. The second-order valence-electron chi connectivity index (χ2n) is 2.06. The molecule has 0 radical (unpaired) electrons. The highest BCUT2D eigenvalue weighted by Gasteiger charge is 2.40. The van der Waals surface area contributed by atoms with E-state index < -0.39 is 16.8 Å². The maximum absolute atomic E-state index is 11.9. The molecule has 0 aliphatic rings. The quantitative estimate of drug-likeness (QED) is 0.718. The number of rotatable bonds is 1. The summed E-state index contributed by atoms with van der Waals surface area (Å²) in [5.74, 6) is -1.87. The highest BCUT2D eigenvalue weighted by atomic mass is 79.9. The van der Waals surface area contributed by atoms with Gasteiger partial charge in [-0.25, -0.2) is 0 Å². The third-order valence-corrected chi connectivity index (χ3v) is 3.60. The van der Waals surface area contributed by atoms with Gasteiger partial charge in [0.05, 0.1) is 4.88 Å². The Balaban J connectivity index is 3.03. The Morgan fingerprint density at radius 2 is 2.08 bits per heavy atom. The van der Waals surface area contributed by atoms with Crippen molar-refractivity contribution in [3.63, 3.8) is 0 Å². The van der Waals surface area contributed by atoms with E-state index in [-0.39, 0.29) is 4.34 Å². The van der Waals surface area contributed by atoms with Crippen LogP contribution < -0.4 is 0 Å². The van der Waals surface area contributed by atoms with E-state index in [0.717, 1.165) is 6.07 Å². The summed E-state index contributed by atoms with van der Waals surface area (Å²) in [4.78, 5) is 10.2. The summed E-state index contributed by atoms with van der Waals surface area (Å²) < 4.78 is 36.1. The van der Waals surface area contributed by atoms with Crippen LogP contribution in [0, 0.1) is 0 Å². The van der Waals surface area contributed by atoms with Crippen molar-refractivity contribution in [2.24, 2.45) is 0 Å². The molecule has 0 spiro atoms. The number of hydrogen-bond donors (Lipinski definition) is 0. The summed E-state index contributed by atoms with van der Waals surface area (Å²) in [6, 6.07) is 1.06. The van der Waals surface area contributed by atoms with Crippen LogP contribution in [0.1, 0.15) is 9.67 Å². The molecule has 0 atom stereocenters. The van der Waals surface area contributed by atoms with E-state index in [1.54, 1.807) is 0 Å². The van der Waals surface area contributed by atoms with Crippen LogP contribution in [0.2, 0.25) is 4.34 Å². The normalized spacial score (nSPS) is 11.8. The van der Waals surface area contributed by atoms with Crippen LogP contribution in [0.5, 0.6) is 0 Å². The number of carbonyl (C=O) groups is 1. The van der Waals surface area contributed by atoms with Crippen molar-refractivity contribution in [3.05, 3.63) is 19.8 Å². The van der Waals surface area contributed by atoms with E-state index >= 15 is 0 Å². The molecule has 0 amide bonds. The molecule has 0 aliphatic carbocycles. The molecule has 1 nitrogen and oxygen atoms in total. The van der Waals surface area contributed by atoms with E-state index in [4.69, 9.17) is 11.6 Å². The largest absolute Gasteiger partial charge is 0.455 e. The van der Waals surface area contributed by atoms with Crippen molar-refractivity contribution in [2.45, 2.75) is 6.18 Å². The van der Waals surface area contributed by atoms with Gasteiger partial charge in [-0.3, -0.25) is 4.79 Å². The zero-order chi connectivity index (χ0) is 10.2. The number of Topliss-reactive ketones (excluding diaryl/α,β-unsaturated/α-hetero) is 1. The Bertz CT molecular complexity index is 327. The molecule has 0 fully saturated rings. The van der Waals surface area contributed by atoms with Crippen LogP contribution in [0.25, 0.3) is 0 Å². The average molecular weight is 293 g/mol.